The number of halogens is 1. The molecule has 0 spiro atoms. The van der Waals surface area contributed by atoms with Gasteiger partial charge in [-0.2, -0.15) is 0 Å². The van der Waals surface area contributed by atoms with E-state index in [1.165, 1.54) is 18.2 Å². The number of hydrogen-bond donors (Lipinski definition) is 2. The third-order valence-electron chi connectivity index (χ3n) is 2.68. The quantitative estimate of drug-likeness (QED) is 0.862. The van der Waals surface area contributed by atoms with Crippen LogP contribution in [-0.2, 0) is 9.59 Å². The van der Waals surface area contributed by atoms with Crippen LogP contribution in [0.1, 0.15) is 9.67 Å². The van der Waals surface area contributed by atoms with E-state index in [2.05, 4.69) is 0 Å². The van der Waals surface area contributed by atoms with Crippen molar-refractivity contribution in [2.24, 2.45) is 5.73 Å². The summed E-state index contributed by atoms with van der Waals surface area (Å²) < 4.78 is 14.2. The van der Waals surface area contributed by atoms with Gasteiger partial charge in [0.25, 0.3) is 5.91 Å². The summed E-state index contributed by atoms with van der Waals surface area (Å²) in [6.07, 6.45) is 0. The number of hydrogen-bond acceptors (Lipinski definition) is 4. The first-order valence-corrected chi connectivity index (χ1v) is 6.67. The number of amides is 2. The first-order chi connectivity index (χ1) is 9.88. The molecule has 21 heavy (non-hydrogen) atoms. The summed E-state index contributed by atoms with van der Waals surface area (Å²) in [5.41, 5.74) is 5.00. The molecule has 3 N–H and O–H groups in total. The minimum absolute atomic E-state index is 0.151. The van der Waals surface area contributed by atoms with Crippen LogP contribution in [0, 0.1) is 5.82 Å². The van der Waals surface area contributed by atoms with Crippen molar-refractivity contribution in [3.8, 4) is 0 Å². The molecule has 0 aliphatic heterocycles. The second-order valence-electron chi connectivity index (χ2n) is 4.28. The fourth-order valence-electron chi connectivity index (χ4n) is 1.84. The molecule has 0 atom stereocenters. The van der Waals surface area contributed by atoms with Crippen LogP contribution in [0.5, 0.6) is 0 Å². The highest BCUT2D eigenvalue weighted by molar-refractivity contribution is 7.20. The van der Waals surface area contributed by atoms with E-state index in [1.54, 1.807) is 6.07 Å². The number of primary amides is 1. The van der Waals surface area contributed by atoms with Crippen LogP contribution >= 0.6 is 11.3 Å². The Bertz CT molecular complexity index is 712. The van der Waals surface area contributed by atoms with Crippen LogP contribution in [0.4, 0.5) is 4.39 Å². The van der Waals surface area contributed by atoms with Gasteiger partial charge in [-0.15, -0.1) is 11.3 Å². The highest BCUT2D eigenvalue weighted by Crippen LogP contribution is 2.28. The average Bonchev–Trinajstić information content (AvgIpc) is 2.81. The predicted octanol–water partition coefficient (Wildman–Crippen LogP) is 1.05. The minimum Gasteiger partial charge on any atom is -0.480 e. The fraction of sp³-hybridized carbons (Fsp3) is 0.154. The molecular weight excluding hydrogens is 299 g/mol. The van der Waals surface area contributed by atoms with Gasteiger partial charge >= 0.3 is 5.97 Å². The van der Waals surface area contributed by atoms with Crippen molar-refractivity contribution in [1.29, 1.82) is 0 Å². The first-order valence-electron chi connectivity index (χ1n) is 5.86. The number of benzene rings is 1. The van der Waals surface area contributed by atoms with Gasteiger partial charge in [0.15, 0.2) is 0 Å². The molecule has 6 nitrogen and oxygen atoms in total. The van der Waals surface area contributed by atoms with Gasteiger partial charge in [-0.05, 0) is 18.2 Å². The highest BCUT2D eigenvalue weighted by atomic mass is 32.1. The van der Waals surface area contributed by atoms with Crippen molar-refractivity contribution in [3.63, 3.8) is 0 Å². The summed E-state index contributed by atoms with van der Waals surface area (Å²) in [6, 6.07) is 5.77. The molecule has 0 aliphatic carbocycles. The molecular formula is C13H11FN2O4S. The van der Waals surface area contributed by atoms with Gasteiger partial charge in [0.1, 0.15) is 18.9 Å². The van der Waals surface area contributed by atoms with E-state index in [9.17, 15) is 18.8 Å². The summed E-state index contributed by atoms with van der Waals surface area (Å²) in [6.45, 7) is -1.17. The minimum atomic E-state index is -1.27. The van der Waals surface area contributed by atoms with Crippen molar-refractivity contribution in [2.75, 3.05) is 13.1 Å². The zero-order valence-electron chi connectivity index (χ0n) is 10.7. The van der Waals surface area contributed by atoms with Crippen LogP contribution in [0.3, 0.4) is 0 Å². The van der Waals surface area contributed by atoms with E-state index >= 15 is 0 Å². The Hall–Kier alpha value is -2.48. The molecule has 2 amide bonds. The lowest BCUT2D eigenvalue weighted by atomic mass is 10.2. The van der Waals surface area contributed by atoms with Crippen molar-refractivity contribution in [3.05, 3.63) is 35.0 Å². The SMILES string of the molecule is NC(=O)CN(CC(=O)O)C(=O)c1cc2c(F)cccc2s1. The molecule has 0 saturated carbocycles. The summed E-state index contributed by atoms with van der Waals surface area (Å²) in [4.78, 5) is 34.9. The molecule has 2 aromatic rings. The van der Waals surface area contributed by atoms with Gasteiger partial charge in [-0.1, -0.05) is 6.07 Å². The van der Waals surface area contributed by atoms with Crippen LogP contribution in [0.25, 0.3) is 10.1 Å². The van der Waals surface area contributed by atoms with E-state index in [0.717, 1.165) is 16.2 Å². The largest absolute Gasteiger partial charge is 0.480 e. The fourth-order valence-corrected chi connectivity index (χ4v) is 2.88. The molecule has 0 aliphatic rings. The number of fused-ring (bicyclic) bond motifs is 1. The van der Waals surface area contributed by atoms with Gasteiger partial charge in [0, 0.05) is 10.1 Å². The summed E-state index contributed by atoms with van der Waals surface area (Å²) in [7, 11) is 0. The first kappa shape index (κ1) is 14.9. The van der Waals surface area contributed by atoms with E-state index in [4.69, 9.17) is 10.8 Å². The number of nitrogens with zero attached hydrogens (tertiary/aromatic N) is 1. The van der Waals surface area contributed by atoms with Crippen LogP contribution in [0.15, 0.2) is 24.3 Å². The Morgan fingerprint density at radius 1 is 1.29 bits per heavy atom. The van der Waals surface area contributed by atoms with Crippen molar-refractivity contribution in [2.45, 2.75) is 0 Å². The predicted molar refractivity (Wildman–Crippen MR) is 74.5 cm³/mol. The van der Waals surface area contributed by atoms with E-state index in [0.29, 0.717) is 4.70 Å². The lowest BCUT2D eigenvalue weighted by molar-refractivity contribution is -0.138. The number of aliphatic carboxylic acids is 1. The zero-order chi connectivity index (χ0) is 15.6. The number of carbonyl (C=O) groups excluding carboxylic acids is 2. The topological polar surface area (TPSA) is 101 Å². The van der Waals surface area contributed by atoms with Crippen molar-refractivity contribution >= 4 is 39.2 Å². The van der Waals surface area contributed by atoms with Crippen molar-refractivity contribution in [1.82, 2.24) is 4.90 Å². The lowest BCUT2D eigenvalue weighted by Crippen LogP contribution is -2.41. The molecule has 110 valence electrons. The Kier molecular flexibility index (Phi) is 4.18. The maximum Gasteiger partial charge on any atom is 0.323 e. The Morgan fingerprint density at radius 3 is 2.57 bits per heavy atom. The maximum atomic E-state index is 13.6. The summed E-state index contributed by atoms with van der Waals surface area (Å²) >= 11 is 1.03. The molecule has 8 heteroatoms. The number of carboxylic acid groups (broad SMARTS) is 1. The maximum absolute atomic E-state index is 13.6. The van der Waals surface area contributed by atoms with Gasteiger partial charge in [0.2, 0.25) is 5.91 Å². The molecule has 1 aromatic heterocycles. The van der Waals surface area contributed by atoms with E-state index in [-0.39, 0.29) is 10.3 Å². The average molecular weight is 310 g/mol. The van der Waals surface area contributed by atoms with Crippen LogP contribution in [-0.4, -0.2) is 40.9 Å². The molecule has 1 aromatic carbocycles. The molecule has 0 saturated heterocycles. The Morgan fingerprint density at radius 2 is 2.00 bits per heavy atom. The summed E-state index contributed by atoms with van der Waals surface area (Å²) in [5, 5.41) is 9.05. The van der Waals surface area contributed by atoms with Gasteiger partial charge in [0.05, 0.1) is 4.88 Å². The molecule has 2 rings (SSSR count). The third-order valence-corrected chi connectivity index (χ3v) is 3.77. The van der Waals surface area contributed by atoms with Crippen LogP contribution < -0.4 is 5.73 Å². The van der Waals surface area contributed by atoms with Gasteiger partial charge in [-0.3, -0.25) is 14.4 Å². The number of thiophene rings is 1. The second-order valence-corrected chi connectivity index (χ2v) is 5.37. The number of rotatable bonds is 5. The Balaban J connectivity index is 2.35. The molecule has 0 fully saturated rings. The normalized spacial score (nSPS) is 10.5. The standard InChI is InChI=1S/C13H11FN2O4S/c14-8-2-1-3-9-7(8)4-10(21-9)13(20)16(5-11(15)17)6-12(18)19/h1-4H,5-6H2,(H2,15,17)(H,18,19). The van der Waals surface area contributed by atoms with Crippen molar-refractivity contribution < 1.29 is 23.9 Å². The number of carboxylic acids is 1. The van der Waals surface area contributed by atoms with Gasteiger partial charge in [-0.25, -0.2) is 4.39 Å². The monoisotopic (exact) mass is 310 g/mol. The zero-order valence-corrected chi connectivity index (χ0v) is 11.5. The Labute approximate surface area is 122 Å². The molecule has 1 heterocycles. The van der Waals surface area contributed by atoms with E-state index < -0.39 is 36.7 Å². The number of nitrogens with two attached hydrogens (primary N) is 1. The lowest BCUT2D eigenvalue weighted by Gasteiger charge is -2.17. The summed E-state index contributed by atoms with van der Waals surface area (Å²) in [5.74, 6) is -3.23. The van der Waals surface area contributed by atoms with Crippen LogP contribution in [0.2, 0.25) is 0 Å². The third kappa shape index (κ3) is 3.34. The number of carbonyl (C=O) groups is 3. The van der Waals surface area contributed by atoms with Gasteiger partial charge < -0.3 is 15.7 Å². The smallest absolute Gasteiger partial charge is 0.323 e. The molecule has 0 radical (unpaired) electrons. The van der Waals surface area contributed by atoms with E-state index in [1.807, 2.05) is 0 Å². The highest BCUT2D eigenvalue weighted by Gasteiger charge is 2.22. The molecule has 0 unspecified atom stereocenters. The second kappa shape index (κ2) is 5.88. The molecule has 0 bridgehead atoms.